The molecule has 4 heterocycles. The summed E-state index contributed by atoms with van der Waals surface area (Å²) in [5.41, 5.74) is 2.78. The van der Waals surface area contributed by atoms with Crippen LogP contribution in [-0.4, -0.2) is 94.6 Å². The molecule has 3 aromatic rings. The van der Waals surface area contributed by atoms with Gasteiger partial charge in [0.25, 0.3) is 11.8 Å². The fourth-order valence-corrected chi connectivity index (χ4v) is 5.56. The second-order valence-corrected chi connectivity index (χ2v) is 10.5. The van der Waals surface area contributed by atoms with Crippen molar-refractivity contribution in [1.29, 1.82) is 0 Å². The number of fused-ring (bicyclic) bond motifs is 1. The van der Waals surface area contributed by atoms with Gasteiger partial charge in [-0.15, -0.1) is 0 Å². The van der Waals surface area contributed by atoms with E-state index in [1.165, 1.54) is 0 Å². The van der Waals surface area contributed by atoms with Crippen LogP contribution in [0.2, 0.25) is 5.15 Å². The van der Waals surface area contributed by atoms with Gasteiger partial charge in [0.05, 0.1) is 17.3 Å². The summed E-state index contributed by atoms with van der Waals surface area (Å²) in [5, 5.41) is 1.20. The molecule has 0 radical (unpaired) electrons. The maximum atomic E-state index is 13.7. The Morgan fingerprint density at radius 1 is 0.946 bits per heavy atom. The van der Waals surface area contributed by atoms with Gasteiger partial charge in [-0.3, -0.25) is 14.5 Å². The summed E-state index contributed by atoms with van der Waals surface area (Å²) in [5.74, 6) is -0.0177. The van der Waals surface area contributed by atoms with E-state index in [4.69, 9.17) is 16.3 Å². The SMILES string of the molecule is COC1CCN(C(=O)c2cc3cc(C(=O)N4CCN(C(C)C)CC4)ccc3n2-c2ccnc(Cl)c2)CC1. The number of nitrogens with zero attached hydrogens (tertiary/aromatic N) is 5. The first-order chi connectivity index (χ1) is 17.9. The van der Waals surface area contributed by atoms with Crippen molar-refractivity contribution in [3.8, 4) is 5.69 Å². The average molecular weight is 524 g/mol. The van der Waals surface area contributed by atoms with Crippen LogP contribution in [0.4, 0.5) is 0 Å². The summed E-state index contributed by atoms with van der Waals surface area (Å²) in [4.78, 5) is 37.4. The van der Waals surface area contributed by atoms with Crippen molar-refractivity contribution in [3.63, 3.8) is 0 Å². The topological polar surface area (TPSA) is 70.9 Å². The minimum atomic E-state index is -0.0450. The molecule has 2 fully saturated rings. The van der Waals surface area contributed by atoms with Gasteiger partial charge in [0.15, 0.2) is 0 Å². The number of methoxy groups -OCH3 is 1. The Kier molecular flexibility index (Phi) is 7.51. The molecular formula is C28H34ClN5O3. The number of amides is 2. The van der Waals surface area contributed by atoms with Crippen LogP contribution in [0.25, 0.3) is 16.6 Å². The predicted molar refractivity (Wildman–Crippen MR) is 145 cm³/mol. The van der Waals surface area contributed by atoms with Gasteiger partial charge in [-0.1, -0.05) is 11.6 Å². The van der Waals surface area contributed by atoms with Crippen LogP contribution in [0.5, 0.6) is 0 Å². The number of benzene rings is 1. The second kappa shape index (κ2) is 10.8. The first-order valence-electron chi connectivity index (χ1n) is 13.0. The normalized spacial score (nSPS) is 17.6. The van der Waals surface area contributed by atoms with E-state index in [9.17, 15) is 9.59 Å². The lowest BCUT2D eigenvalue weighted by Gasteiger charge is -2.37. The van der Waals surface area contributed by atoms with Gasteiger partial charge in [0.2, 0.25) is 0 Å². The lowest BCUT2D eigenvalue weighted by atomic mass is 10.1. The lowest BCUT2D eigenvalue weighted by molar-refractivity contribution is 0.0346. The zero-order chi connectivity index (χ0) is 26.1. The Bertz CT molecular complexity index is 1290. The molecule has 2 saturated heterocycles. The number of carbonyl (C=O) groups excluding carboxylic acids is 2. The van der Waals surface area contributed by atoms with Gasteiger partial charge >= 0.3 is 0 Å². The highest BCUT2D eigenvalue weighted by molar-refractivity contribution is 6.29. The van der Waals surface area contributed by atoms with Gasteiger partial charge in [-0.05, 0) is 63.1 Å². The smallest absolute Gasteiger partial charge is 0.270 e. The summed E-state index contributed by atoms with van der Waals surface area (Å²) in [6.45, 7) is 8.84. The largest absolute Gasteiger partial charge is 0.381 e. The minimum Gasteiger partial charge on any atom is -0.381 e. The highest BCUT2D eigenvalue weighted by Crippen LogP contribution is 2.29. The van der Waals surface area contributed by atoms with Crippen molar-refractivity contribution < 1.29 is 14.3 Å². The van der Waals surface area contributed by atoms with Crippen molar-refractivity contribution in [2.75, 3.05) is 46.4 Å². The number of rotatable bonds is 5. The first-order valence-corrected chi connectivity index (χ1v) is 13.4. The van der Waals surface area contributed by atoms with Crippen molar-refractivity contribution in [1.82, 2.24) is 24.3 Å². The van der Waals surface area contributed by atoms with Gasteiger partial charge in [-0.25, -0.2) is 4.98 Å². The number of hydrogen-bond donors (Lipinski definition) is 0. The highest BCUT2D eigenvalue weighted by Gasteiger charge is 2.28. The molecule has 2 aromatic heterocycles. The third-order valence-corrected chi connectivity index (χ3v) is 7.84. The molecule has 8 nitrogen and oxygen atoms in total. The monoisotopic (exact) mass is 523 g/mol. The Morgan fingerprint density at radius 2 is 1.65 bits per heavy atom. The van der Waals surface area contributed by atoms with E-state index < -0.39 is 0 Å². The Hall–Kier alpha value is -2.94. The average Bonchev–Trinajstić information content (AvgIpc) is 3.31. The van der Waals surface area contributed by atoms with Crippen molar-refractivity contribution in [3.05, 3.63) is 59.0 Å². The molecule has 0 atom stereocenters. The summed E-state index contributed by atoms with van der Waals surface area (Å²) >= 11 is 6.22. The van der Waals surface area contributed by atoms with Crippen LogP contribution in [0.3, 0.4) is 0 Å². The number of likely N-dealkylation sites (tertiary alicyclic amines) is 1. The van der Waals surface area contributed by atoms with E-state index in [2.05, 4.69) is 23.7 Å². The number of hydrogen-bond acceptors (Lipinski definition) is 5. The molecule has 9 heteroatoms. The van der Waals surface area contributed by atoms with Gasteiger partial charge < -0.3 is 19.1 Å². The van der Waals surface area contributed by atoms with Crippen molar-refractivity contribution in [2.24, 2.45) is 0 Å². The summed E-state index contributed by atoms with van der Waals surface area (Å²) in [7, 11) is 1.72. The first kappa shape index (κ1) is 25.7. The third-order valence-electron chi connectivity index (χ3n) is 7.63. The van der Waals surface area contributed by atoms with Crippen molar-refractivity contribution >= 4 is 34.3 Å². The second-order valence-electron chi connectivity index (χ2n) is 10.1. The number of carbonyl (C=O) groups is 2. The van der Waals surface area contributed by atoms with Gasteiger partial charge in [0.1, 0.15) is 10.8 Å². The number of halogens is 1. The predicted octanol–water partition coefficient (Wildman–Crippen LogP) is 4.10. The lowest BCUT2D eigenvalue weighted by Crippen LogP contribution is -2.50. The molecule has 37 heavy (non-hydrogen) atoms. The number of aromatic nitrogens is 2. The summed E-state index contributed by atoms with van der Waals surface area (Å²) < 4.78 is 7.40. The highest BCUT2D eigenvalue weighted by atomic mass is 35.5. The molecule has 0 aliphatic carbocycles. The Labute approximate surface area is 222 Å². The zero-order valence-electron chi connectivity index (χ0n) is 21.7. The quantitative estimate of drug-likeness (QED) is 0.471. The molecule has 5 rings (SSSR count). The maximum absolute atomic E-state index is 13.7. The molecule has 0 bridgehead atoms. The molecule has 0 spiro atoms. The molecule has 196 valence electrons. The van der Waals surface area contributed by atoms with Crippen LogP contribution < -0.4 is 0 Å². The van der Waals surface area contributed by atoms with Crippen LogP contribution in [0.1, 0.15) is 47.5 Å². The van der Waals surface area contributed by atoms with E-state index >= 15 is 0 Å². The molecule has 2 aliphatic rings. The minimum absolute atomic E-state index is 0.0273. The molecule has 2 aliphatic heterocycles. The molecule has 0 N–H and O–H groups in total. The number of piperazine rings is 1. The number of ether oxygens (including phenoxy) is 1. The van der Waals surface area contributed by atoms with Crippen LogP contribution in [0.15, 0.2) is 42.6 Å². The summed E-state index contributed by atoms with van der Waals surface area (Å²) in [6.07, 6.45) is 3.44. The van der Waals surface area contributed by atoms with E-state index in [-0.39, 0.29) is 17.9 Å². The molecule has 0 unspecified atom stereocenters. The van der Waals surface area contributed by atoms with E-state index in [1.807, 2.05) is 44.7 Å². The fourth-order valence-electron chi connectivity index (χ4n) is 5.40. The molecule has 2 amide bonds. The van der Waals surface area contributed by atoms with Crippen molar-refractivity contribution in [2.45, 2.75) is 38.8 Å². The Balaban J connectivity index is 1.48. The number of pyridine rings is 1. The van der Waals surface area contributed by atoms with Gasteiger partial charge in [0, 0.05) is 69.6 Å². The maximum Gasteiger partial charge on any atom is 0.270 e. The molecule has 0 saturated carbocycles. The van der Waals surface area contributed by atoms with Crippen LogP contribution in [-0.2, 0) is 4.74 Å². The standard InChI is InChI=1S/C28H34ClN5O3/c1-19(2)31-12-14-33(15-13-31)27(35)20-4-5-24-21(16-20)17-25(34(24)22-6-9-30-26(29)18-22)28(36)32-10-7-23(37-3)8-11-32/h4-6,9,16-19,23H,7-8,10-15H2,1-3H3. The molecular weight excluding hydrogens is 490 g/mol. The fraction of sp³-hybridized carbons (Fsp3) is 0.464. The van der Waals surface area contributed by atoms with E-state index in [0.717, 1.165) is 42.5 Å². The summed E-state index contributed by atoms with van der Waals surface area (Å²) in [6, 6.07) is 11.6. The van der Waals surface area contributed by atoms with Gasteiger partial charge in [-0.2, -0.15) is 0 Å². The van der Waals surface area contributed by atoms with Crippen LogP contribution >= 0.6 is 11.6 Å². The number of piperidine rings is 1. The van der Waals surface area contributed by atoms with Crippen LogP contribution in [0, 0.1) is 0 Å². The third kappa shape index (κ3) is 5.23. The zero-order valence-corrected chi connectivity index (χ0v) is 22.4. The Morgan fingerprint density at radius 3 is 2.30 bits per heavy atom. The van der Waals surface area contributed by atoms with E-state index in [1.54, 1.807) is 19.4 Å². The van der Waals surface area contributed by atoms with E-state index in [0.29, 0.717) is 48.6 Å². The molecule has 1 aromatic carbocycles.